The number of benzene rings is 1. The van der Waals surface area contributed by atoms with Crippen LogP contribution >= 0.6 is 31.9 Å². The van der Waals surface area contributed by atoms with Gasteiger partial charge in [-0.2, -0.15) is 0 Å². The van der Waals surface area contributed by atoms with Crippen LogP contribution < -0.4 is 4.74 Å². The Balaban J connectivity index is 1.28. The SMILES string of the molecule is COc1ccc(C(=O)COC(=O)CCN2C(=O)[C@@H]3[C@H]4C[C@@H]([C@H](Br)[C@H]4Br)[C@H]3C2=O)cc1. The molecule has 1 heterocycles. The predicted molar refractivity (Wildman–Crippen MR) is 114 cm³/mol. The summed E-state index contributed by atoms with van der Waals surface area (Å²) in [6.07, 6.45) is 0.736. The highest BCUT2D eigenvalue weighted by Gasteiger charge is 2.66. The Morgan fingerprint density at radius 1 is 1.03 bits per heavy atom. The molecule has 1 aromatic carbocycles. The van der Waals surface area contributed by atoms with Crippen LogP contribution in [0.25, 0.3) is 0 Å². The van der Waals surface area contributed by atoms with Crippen molar-refractivity contribution < 1.29 is 28.7 Å². The molecular formula is C21H21Br2NO6. The fourth-order valence-electron chi connectivity index (χ4n) is 4.91. The molecule has 0 aromatic heterocycles. The van der Waals surface area contributed by atoms with Crippen LogP contribution in [0.15, 0.2) is 24.3 Å². The van der Waals surface area contributed by atoms with E-state index in [9.17, 15) is 19.2 Å². The maximum Gasteiger partial charge on any atom is 0.308 e. The second-order valence-corrected chi connectivity index (χ2v) is 10.0. The van der Waals surface area contributed by atoms with E-state index in [1.807, 2.05) is 0 Å². The Morgan fingerprint density at radius 2 is 1.60 bits per heavy atom. The molecule has 0 spiro atoms. The minimum absolute atomic E-state index is 0.0143. The normalized spacial score (nSPS) is 31.8. The zero-order chi connectivity index (χ0) is 21.6. The first-order valence-electron chi connectivity index (χ1n) is 9.79. The number of rotatable bonds is 7. The number of alkyl halides is 2. The van der Waals surface area contributed by atoms with Gasteiger partial charge in [-0.3, -0.25) is 24.1 Å². The second kappa shape index (κ2) is 8.42. The minimum atomic E-state index is -0.616. The summed E-state index contributed by atoms with van der Waals surface area (Å²) in [4.78, 5) is 51.4. The molecule has 7 nitrogen and oxygen atoms in total. The third-order valence-electron chi connectivity index (χ3n) is 6.39. The van der Waals surface area contributed by atoms with E-state index in [4.69, 9.17) is 9.47 Å². The lowest BCUT2D eigenvalue weighted by molar-refractivity contribution is -0.145. The van der Waals surface area contributed by atoms with E-state index in [0.717, 1.165) is 6.42 Å². The molecule has 9 heteroatoms. The first-order chi connectivity index (χ1) is 14.3. The molecule has 2 amide bonds. The number of likely N-dealkylation sites (tertiary alicyclic amines) is 1. The molecule has 30 heavy (non-hydrogen) atoms. The number of carbonyl (C=O) groups excluding carboxylic acids is 4. The van der Waals surface area contributed by atoms with E-state index < -0.39 is 5.97 Å². The number of Topliss-reactive ketones (excluding diaryl/α,β-unsaturated/α-hetero) is 1. The number of amides is 2. The van der Waals surface area contributed by atoms with E-state index in [0.29, 0.717) is 11.3 Å². The molecule has 160 valence electrons. The number of carbonyl (C=O) groups is 4. The van der Waals surface area contributed by atoms with E-state index in [2.05, 4.69) is 31.9 Å². The third-order valence-corrected chi connectivity index (χ3v) is 9.60. The molecule has 0 N–H and O–H groups in total. The molecule has 2 bridgehead atoms. The van der Waals surface area contributed by atoms with Gasteiger partial charge >= 0.3 is 5.97 Å². The monoisotopic (exact) mass is 541 g/mol. The maximum absolute atomic E-state index is 12.8. The average molecular weight is 543 g/mol. The third kappa shape index (κ3) is 3.60. The van der Waals surface area contributed by atoms with Crippen molar-refractivity contribution in [3.63, 3.8) is 0 Å². The van der Waals surface area contributed by atoms with Gasteiger partial charge in [0.1, 0.15) is 5.75 Å². The molecule has 2 aliphatic carbocycles. The molecular weight excluding hydrogens is 522 g/mol. The Morgan fingerprint density at radius 3 is 2.13 bits per heavy atom. The number of nitrogens with zero attached hydrogens (tertiary/aromatic N) is 1. The Labute approximate surface area is 190 Å². The molecule has 1 saturated heterocycles. The van der Waals surface area contributed by atoms with Gasteiger partial charge in [0.25, 0.3) is 0 Å². The van der Waals surface area contributed by atoms with Gasteiger partial charge in [-0.05, 0) is 42.5 Å². The van der Waals surface area contributed by atoms with Gasteiger partial charge in [0.05, 0.1) is 25.4 Å². The Kier molecular flexibility index (Phi) is 6.03. The topological polar surface area (TPSA) is 90.0 Å². The number of ketones is 1. The predicted octanol–water partition coefficient (Wildman–Crippen LogP) is 2.59. The summed E-state index contributed by atoms with van der Waals surface area (Å²) in [5.41, 5.74) is 0.408. The van der Waals surface area contributed by atoms with E-state index in [1.165, 1.54) is 12.0 Å². The number of fused-ring (bicyclic) bond motifs is 5. The molecule has 4 rings (SSSR count). The lowest BCUT2D eigenvalue weighted by Gasteiger charge is -2.28. The lowest BCUT2D eigenvalue weighted by Crippen LogP contribution is -2.37. The van der Waals surface area contributed by atoms with Gasteiger partial charge in [0, 0.05) is 21.8 Å². The van der Waals surface area contributed by atoms with Crippen molar-refractivity contribution >= 4 is 55.4 Å². The summed E-state index contributed by atoms with van der Waals surface area (Å²) in [5.74, 6) is -1.03. The smallest absolute Gasteiger partial charge is 0.308 e. The molecule has 1 aromatic rings. The molecule has 1 aliphatic heterocycles. The maximum atomic E-state index is 12.8. The lowest BCUT2D eigenvalue weighted by atomic mass is 9.81. The Bertz CT molecular complexity index is 856. The van der Waals surface area contributed by atoms with Crippen LogP contribution in [0.4, 0.5) is 0 Å². The van der Waals surface area contributed by atoms with Gasteiger partial charge in [0.2, 0.25) is 11.8 Å². The summed E-state index contributed by atoms with van der Waals surface area (Å²) in [6, 6.07) is 6.49. The van der Waals surface area contributed by atoms with Crippen molar-refractivity contribution in [3.8, 4) is 5.75 Å². The van der Waals surface area contributed by atoms with Crippen LogP contribution in [0.1, 0.15) is 23.2 Å². The molecule has 2 saturated carbocycles. The quantitative estimate of drug-likeness (QED) is 0.228. The van der Waals surface area contributed by atoms with Crippen molar-refractivity contribution in [3.05, 3.63) is 29.8 Å². The van der Waals surface area contributed by atoms with Crippen LogP contribution in [0.3, 0.4) is 0 Å². The van der Waals surface area contributed by atoms with Crippen molar-refractivity contribution in [1.29, 1.82) is 0 Å². The van der Waals surface area contributed by atoms with Crippen molar-refractivity contribution in [1.82, 2.24) is 4.90 Å². The van der Waals surface area contributed by atoms with Gasteiger partial charge < -0.3 is 9.47 Å². The van der Waals surface area contributed by atoms with E-state index >= 15 is 0 Å². The van der Waals surface area contributed by atoms with Gasteiger partial charge in [-0.1, -0.05) is 31.9 Å². The number of esters is 1. The fourth-order valence-corrected chi connectivity index (χ4v) is 6.79. The van der Waals surface area contributed by atoms with Crippen LogP contribution in [0.2, 0.25) is 0 Å². The number of hydrogen-bond donors (Lipinski definition) is 0. The number of hydrogen-bond acceptors (Lipinski definition) is 6. The summed E-state index contributed by atoms with van der Waals surface area (Å²) in [5, 5.41) is 0. The second-order valence-electron chi connectivity index (χ2n) is 7.89. The minimum Gasteiger partial charge on any atom is -0.497 e. The number of methoxy groups -OCH3 is 1. The number of ether oxygens (including phenoxy) is 2. The van der Waals surface area contributed by atoms with Gasteiger partial charge in [-0.15, -0.1) is 0 Å². The summed E-state index contributed by atoms with van der Waals surface area (Å²) in [7, 11) is 1.53. The van der Waals surface area contributed by atoms with Crippen LogP contribution in [0, 0.1) is 23.7 Å². The summed E-state index contributed by atoms with van der Waals surface area (Å²) in [6.45, 7) is -0.404. The zero-order valence-corrected chi connectivity index (χ0v) is 19.4. The standard InChI is InChI=1S/C21H21Br2NO6/c1-29-11-4-2-10(3-5-11)14(25)9-30-15(26)6-7-24-20(27)16-12-8-13(17(16)21(24)28)19(23)18(12)22/h2-5,12-13,16-19H,6-9H2,1H3/t12-,13-,16-,17-,18+,19+/m1/s1. The number of halogens is 2. The van der Waals surface area contributed by atoms with Crippen LogP contribution in [-0.2, 0) is 19.1 Å². The van der Waals surface area contributed by atoms with E-state index in [-0.39, 0.29) is 70.5 Å². The van der Waals surface area contributed by atoms with E-state index in [1.54, 1.807) is 24.3 Å². The van der Waals surface area contributed by atoms with Crippen molar-refractivity contribution in [2.24, 2.45) is 23.7 Å². The highest BCUT2D eigenvalue weighted by molar-refractivity contribution is 9.12. The first kappa shape index (κ1) is 21.5. The first-order valence-corrected chi connectivity index (χ1v) is 11.6. The van der Waals surface area contributed by atoms with Crippen LogP contribution in [0.5, 0.6) is 5.75 Å². The summed E-state index contributed by atoms with van der Waals surface area (Å²) < 4.78 is 10.1. The van der Waals surface area contributed by atoms with Crippen LogP contribution in [-0.4, -0.2) is 58.4 Å². The largest absolute Gasteiger partial charge is 0.497 e. The molecule has 0 radical (unpaired) electrons. The van der Waals surface area contributed by atoms with Gasteiger partial charge in [-0.25, -0.2) is 0 Å². The average Bonchev–Trinajstić information content (AvgIpc) is 3.35. The highest BCUT2D eigenvalue weighted by Crippen LogP contribution is 2.60. The van der Waals surface area contributed by atoms with Crippen molar-refractivity contribution in [2.45, 2.75) is 22.5 Å². The number of imide groups is 1. The molecule has 6 atom stereocenters. The van der Waals surface area contributed by atoms with Crippen molar-refractivity contribution in [2.75, 3.05) is 20.3 Å². The Hall–Kier alpha value is -1.74. The highest BCUT2D eigenvalue weighted by atomic mass is 79.9. The van der Waals surface area contributed by atoms with Gasteiger partial charge in [0.15, 0.2) is 12.4 Å². The molecule has 3 aliphatic rings. The summed E-state index contributed by atoms with van der Waals surface area (Å²) >= 11 is 7.29. The zero-order valence-electron chi connectivity index (χ0n) is 16.3. The molecule has 3 fully saturated rings. The fraction of sp³-hybridized carbons (Fsp3) is 0.524. The molecule has 0 unspecified atom stereocenters.